The van der Waals surface area contributed by atoms with Gasteiger partial charge in [0.25, 0.3) is 0 Å². The van der Waals surface area contributed by atoms with Crippen molar-refractivity contribution in [3.8, 4) is 0 Å². The van der Waals surface area contributed by atoms with Crippen LogP contribution in [0.5, 0.6) is 0 Å². The summed E-state index contributed by atoms with van der Waals surface area (Å²) < 4.78 is 14.3. The Labute approximate surface area is 174 Å². The Morgan fingerprint density at radius 2 is 1.75 bits per heavy atom. The lowest BCUT2D eigenvalue weighted by molar-refractivity contribution is -0.117. The van der Waals surface area contributed by atoms with Crippen molar-refractivity contribution in [2.45, 2.75) is 69.7 Å². The van der Waals surface area contributed by atoms with Crippen molar-refractivity contribution in [2.24, 2.45) is 10.9 Å². The molecular formula is C20H30FN3O2S2. The average Bonchev–Trinajstić information content (AvgIpc) is 3.05. The molecule has 2 rings (SSSR count). The number of aromatic nitrogens is 1. The van der Waals surface area contributed by atoms with Crippen LogP contribution < -0.4 is 10.9 Å². The molecule has 0 aliphatic rings. The highest BCUT2D eigenvalue weighted by Crippen LogP contribution is 2.30. The fraction of sp³-hybridized carbons (Fsp3) is 0.500. The van der Waals surface area contributed by atoms with E-state index in [1.54, 1.807) is 20.0 Å². The molecule has 1 aromatic carbocycles. The number of primary amides is 1. The fourth-order valence-electron chi connectivity index (χ4n) is 2.68. The van der Waals surface area contributed by atoms with Crippen molar-refractivity contribution in [3.63, 3.8) is 0 Å². The summed E-state index contributed by atoms with van der Waals surface area (Å²) in [5.74, 6) is -0.263. The molecule has 0 unspecified atom stereocenters. The van der Waals surface area contributed by atoms with E-state index in [4.69, 9.17) is 10.9 Å². The molecule has 1 amide bonds. The first-order chi connectivity index (χ1) is 12.9. The van der Waals surface area contributed by atoms with Gasteiger partial charge in [0.2, 0.25) is 5.91 Å². The minimum absolute atomic E-state index is 0.178. The summed E-state index contributed by atoms with van der Waals surface area (Å²) >= 11 is 2.52. The third-order valence-corrected chi connectivity index (χ3v) is 6.02. The van der Waals surface area contributed by atoms with Gasteiger partial charge >= 0.3 is 0 Å². The van der Waals surface area contributed by atoms with E-state index in [2.05, 4.69) is 4.98 Å². The van der Waals surface area contributed by atoms with E-state index in [0.29, 0.717) is 0 Å². The van der Waals surface area contributed by atoms with Crippen LogP contribution in [0.4, 0.5) is 4.39 Å². The number of halogens is 1. The Morgan fingerprint density at radius 1 is 1.25 bits per heavy atom. The van der Waals surface area contributed by atoms with Gasteiger partial charge in [0.05, 0.1) is 16.9 Å². The molecule has 0 saturated carbocycles. The van der Waals surface area contributed by atoms with Crippen molar-refractivity contribution in [3.05, 3.63) is 45.7 Å². The van der Waals surface area contributed by atoms with E-state index in [1.165, 1.54) is 23.5 Å². The number of nitrogens with two attached hydrogens (primary N) is 2. The van der Waals surface area contributed by atoms with Crippen LogP contribution in [-0.4, -0.2) is 16.0 Å². The van der Waals surface area contributed by atoms with Gasteiger partial charge in [-0.1, -0.05) is 27.7 Å². The van der Waals surface area contributed by atoms with Crippen molar-refractivity contribution < 1.29 is 14.3 Å². The van der Waals surface area contributed by atoms with E-state index in [9.17, 15) is 14.3 Å². The van der Waals surface area contributed by atoms with Gasteiger partial charge in [0.1, 0.15) is 5.82 Å². The Morgan fingerprint density at radius 3 is 2.04 bits per heavy atom. The number of hydrogen-bond acceptors (Lipinski definition) is 6. The molecule has 5 N–H and O–H groups in total. The van der Waals surface area contributed by atoms with E-state index >= 15 is 0 Å². The molecular weight excluding hydrogens is 397 g/mol. The first-order valence-corrected chi connectivity index (χ1v) is 10.7. The van der Waals surface area contributed by atoms with Crippen molar-refractivity contribution in [2.75, 3.05) is 0 Å². The summed E-state index contributed by atoms with van der Waals surface area (Å²) in [5.41, 5.74) is 7.12. The first-order valence-electron chi connectivity index (χ1n) is 9.02. The number of nitrogens with zero attached hydrogens (tertiary/aromatic N) is 1. The van der Waals surface area contributed by atoms with Gasteiger partial charge in [-0.3, -0.25) is 9.93 Å². The van der Waals surface area contributed by atoms with Crippen LogP contribution in [0.25, 0.3) is 0 Å². The van der Waals surface area contributed by atoms with E-state index < -0.39 is 5.60 Å². The van der Waals surface area contributed by atoms with Gasteiger partial charge in [-0.15, -0.1) is 11.3 Å². The van der Waals surface area contributed by atoms with Gasteiger partial charge in [0, 0.05) is 6.20 Å². The Hall–Kier alpha value is -1.48. The molecule has 156 valence electrons. The minimum Gasteiger partial charge on any atom is -0.385 e. The second-order valence-corrected chi connectivity index (χ2v) is 9.59. The second-order valence-electron chi connectivity index (χ2n) is 7.68. The Kier molecular flexibility index (Phi) is 9.07. The quantitative estimate of drug-likeness (QED) is 0.592. The van der Waals surface area contributed by atoms with Crippen LogP contribution in [-0.2, 0) is 16.8 Å². The van der Waals surface area contributed by atoms with Crippen LogP contribution in [0, 0.1) is 5.82 Å². The molecule has 0 fully saturated rings. The summed E-state index contributed by atoms with van der Waals surface area (Å²) in [4.78, 5) is 16.0. The van der Waals surface area contributed by atoms with Crippen molar-refractivity contribution in [1.29, 1.82) is 0 Å². The lowest BCUT2D eigenvalue weighted by Gasteiger charge is -2.19. The highest BCUT2D eigenvalue weighted by Gasteiger charge is 2.19. The SMILES string of the molecule is CC(C)(O)c1cnc(SN)s1.CC(C)c1cc(F)cc(C(C)C)c1CC(N)=O. The summed E-state index contributed by atoms with van der Waals surface area (Å²) in [7, 11) is 0. The van der Waals surface area contributed by atoms with Gasteiger partial charge in [-0.25, -0.2) is 9.37 Å². The lowest BCUT2D eigenvalue weighted by Crippen LogP contribution is -2.17. The molecule has 5 nitrogen and oxygen atoms in total. The number of thiazole rings is 1. The number of rotatable bonds is 6. The predicted molar refractivity (Wildman–Crippen MR) is 115 cm³/mol. The zero-order chi connectivity index (χ0) is 21.6. The Balaban J connectivity index is 0.000000307. The van der Waals surface area contributed by atoms with E-state index in [1.807, 2.05) is 27.7 Å². The van der Waals surface area contributed by atoms with Crippen molar-refractivity contribution >= 4 is 29.2 Å². The average molecular weight is 428 g/mol. The summed E-state index contributed by atoms with van der Waals surface area (Å²) in [6.07, 6.45) is 1.83. The molecule has 0 spiro atoms. The molecule has 0 radical (unpaired) electrons. The van der Waals surface area contributed by atoms with Gasteiger partial charge in [-0.2, -0.15) is 0 Å². The highest BCUT2D eigenvalue weighted by molar-refractivity contribution is 7.98. The monoisotopic (exact) mass is 427 g/mol. The highest BCUT2D eigenvalue weighted by atomic mass is 32.2. The maximum absolute atomic E-state index is 13.5. The number of aliphatic hydroxyl groups is 1. The van der Waals surface area contributed by atoms with E-state index in [-0.39, 0.29) is 30.0 Å². The molecule has 2 aromatic rings. The van der Waals surface area contributed by atoms with E-state index in [0.717, 1.165) is 37.9 Å². The predicted octanol–water partition coefficient (Wildman–Crippen LogP) is 4.44. The van der Waals surface area contributed by atoms with Gasteiger partial charge in [-0.05, 0) is 66.5 Å². The fourth-order valence-corrected chi connectivity index (χ4v) is 3.91. The van der Waals surface area contributed by atoms with Crippen LogP contribution in [0.2, 0.25) is 0 Å². The first kappa shape index (κ1) is 24.6. The molecule has 0 saturated heterocycles. The standard InChI is InChI=1S/C14H20FNO.C6H10N2OS2/c1-8(2)11-5-10(15)6-12(9(3)4)13(11)7-14(16)17;1-6(2,9)4-3-8-5(10-4)11-7/h5-6,8-9H,7H2,1-4H3,(H2,16,17);3,9H,7H2,1-2H3. The van der Waals surface area contributed by atoms with Gasteiger partial charge in [0.15, 0.2) is 4.34 Å². The molecule has 1 aromatic heterocycles. The zero-order valence-electron chi connectivity index (χ0n) is 17.2. The topological polar surface area (TPSA) is 102 Å². The third kappa shape index (κ3) is 7.16. The molecule has 28 heavy (non-hydrogen) atoms. The molecule has 0 bridgehead atoms. The number of benzene rings is 1. The van der Waals surface area contributed by atoms with Gasteiger partial charge < -0.3 is 10.8 Å². The zero-order valence-corrected chi connectivity index (χ0v) is 18.9. The Bertz CT molecular complexity index is 770. The molecule has 0 aliphatic heterocycles. The van der Waals surface area contributed by atoms with Crippen molar-refractivity contribution in [1.82, 2.24) is 4.98 Å². The maximum Gasteiger partial charge on any atom is 0.221 e. The summed E-state index contributed by atoms with van der Waals surface area (Å²) in [5, 5.41) is 14.8. The van der Waals surface area contributed by atoms with Crippen LogP contribution in [0.15, 0.2) is 22.7 Å². The molecule has 0 aliphatic carbocycles. The largest absolute Gasteiger partial charge is 0.385 e. The van der Waals surface area contributed by atoms with Crippen LogP contribution in [0.1, 0.15) is 74.9 Å². The van der Waals surface area contributed by atoms with Crippen LogP contribution in [0.3, 0.4) is 0 Å². The molecule has 1 heterocycles. The maximum atomic E-state index is 13.5. The summed E-state index contributed by atoms with van der Waals surface area (Å²) in [6.45, 7) is 11.4. The number of carbonyl (C=O) groups is 1. The number of hydrogen-bond donors (Lipinski definition) is 3. The second kappa shape index (κ2) is 10.3. The number of amides is 1. The minimum atomic E-state index is -0.800. The molecule has 8 heteroatoms. The summed E-state index contributed by atoms with van der Waals surface area (Å²) in [6, 6.07) is 3.02. The third-order valence-electron chi connectivity index (χ3n) is 4.07. The van der Waals surface area contributed by atoms with Crippen LogP contribution >= 0.6 is 23.3 Å². The number of carbonyl (C=O) groups excluding carboxylic acids is 1. The molecule has 0 atom stereocenters. The normalized spacial score (nSPS) is 11.5. The lowest BCUT2D eigenvalue weighted by atomic mass is 9.87. The smallest absolute Gasteiger partial charge is 0.221 e.